The molecule has 0 unspecified atom stereocenters. The first kappa shape index (κ1) is 7.68. The lowest BCUT2D eigenvalue weighted by atomic mass is 10.3. The molecule has 0 fully saturated rings. The topological polar surface area (TPSA) is 61.7 Å². The summed E-state index contributed by atoms with van der Waals surface area (Å²) in [6.07, 6.45) is 0. The summed E-state index contributed by atoms with van der Waals surface area (Å²) in [7, 11) is 1.56. The molecule has 0 saturated heterocycles. The van der Waals surface area contributed by atoms with Crippen LogP contribution in [0.1, 0.15) is 0 Å². The van der Waals surface area contributed by atoms with Crippen LogP contribution in [-0.4, -0.2) is 17.3 Å². The van der Waals surface area contributed by atoms with Crippen molar-refractivity contribution in [3.63, 3.8) is 0 Å². The van der Waals surface area contributed by atoms with E-state index in [1.165, 1.54) is 12.1 Å². The second-order valence-electron chi connectivity index (χ2n) is 1.93. The molecular formula is C7H9NO3. The lowest BCUT2D eigenvalue weighted by Crippen LogP contribution is -2.10. The van der Waals surface area contributed by atoms with Gasteiger partial charge < -0.3 is 15.1 Å². The van der Waals surface area contributed by atoms with Gasteiger partial charge in [-0.15, -0.1) is 0 Å². The lowest BCUT2D eigenvalue weighted by Gasteiger charge is -2.05. The Balaban J connectivity index is 2.96. The Kier molecular flexibility index (Phi) is 2.18. The molecule has 0 amide bonds. The van der Waals surface area contributed by atoms with Gasteiger partial charge in [-0.1, -0.05) is 6.07 Å². The fourth-order valence-corrected chi connectivity index (χ4v) is 0.703. The average molecular weight is 155 g/mol. The van der Waals surface area contributed by atoms with Crippen LogP contribution in [0.25, 0.3) is 0 Å². The number of hydrogen-bond donors (Lipinski definition) is 3. The van der Waals surface area contributed by atoms with Crippen molar-refractivity contribution in [2.45, 2.75) is 0 Å². The molecule has 0 saturated carbocycles. The highest BCUT2D eigenvalue weighted by Crippen LogP contribution is 2.33. The van der Waals surface area contributed by atoms with Crippen molar-refractivity contribution < 1.29 is 15.1 Å². The number of phenols is 2. The molecule has 1 aromatic carbocycles. The summed E-state index contributed by atoms with van der Waals surface area (Å²) in [5, 5.41) is 18.1. The summed E-state index contributed by atoms with van der Waals surface area (Å²) >= 11 is 0. The van der Waals surface area contributed by atoms with Crippen molar-refractivity contribution in [3.05, 3.63) is 18.2 Å². The van der Waals surface area contributed by atoms with Gasteiger partial charge in [0.2, 0.25) is 5.75 Å². The summed E-state index contributed by atoms with van der Waals surface area (Å²) in [6, 6.07) is 4.48. The third-order valence-corrected chi connectivity index (χ3v) is 1.19. The van der Waals surface area contributed by atoms with Gasteiger partial charge in [-0.05, 0) is 12.1 Å². The van der Waals surface area contributed by atoms with Gasteiger partial charge in [0.05, 0.1) is 0 Å². The fourth-order valence-electron chi connectivity index (χ4n) is 0.703. The van der Waals surface area contributed by atoms with Crippen molar-refractivity contribution >= 4 is 0 Å². The van der Waals surface area contributed by atoms with E-state index in [4.69, 9.17) is 15.1 Å². The van der Waals surface area contributed by atoms with Crippen molar-refractivity contribution in [3.8, 4) is 17.2 Å². The van der Waals surface area contributed by atoms with Crippen LogP contribution in [0.4, 0.5) is 0 Å². The number of para-hydroxylation sites is 1. The highest BCUT2D eigenvalue weighted by Gasteiger charge is 2.05. The Morgan fingerprint density at radius 2 is 2.09 bits per heavy atom. The molecule has 60 valence electrons. The molecule has 4 nitrogen and oxygen atoms in total. The summed E-state index contributed by atoms with van der Waals surface area (Å²) in [6.45, 7) is 0. The molecular weight excluding hydrogens is 146 g/mol. The van der Waals surface area contributed by atoms with Gasteiger partial charge in [0.25, 0.3) is 0 Å². The molecule has 0 atom stereocenters. The molecule has 1 aromatic rings. The second kappa shape index (κ2) is 3.12. The second-order valence-corrected chi connectivity index (χ2v) is 1.93. The van der Waals surface area contributed by atoms with Crippen LogP contribution < -0.4 is 10.3 Å². The zero-order chi connectivity index (χ0) is 8.27. The Morgan fingerprint density at radius 3 is 2.73 bits per heavy atom. The van der Waals surface area contributed by atoms with Crippen LogP contribution in [0.3, 0.4) is 0 Å². The Morgan fingerprint density at radius 1 is 1.36 bits per heavy atom. The summed E-state index contributed by atoms with van der Waals surface area (Å²) in [5.74, 6) is -0.257. The number of benzene rings is 1. The van der Waals surface area contributed by atoms with Gasteiger partial charge in [-0.25, -0.2) is 0 Å². The number of nitrogens with one attached hydrogen (secondary N) is 1. The summed E-state index contributed by atoms with van der Waals surface area (Å²) in [4.78, 5) is 4.76. The lowest BCUT2D eigenvalue weighted by molar-refractivity contribution is 0.212. The van der Waals surface area contributed by atoms with Crippen LogP contribution in [-0.2, 0) is 0 Å². The predicted molar refractivity (Wildman–Crippen MR) is 39.5 cm³/mol. The van der Waals surface area contributed by atoms with E-state index in [1.54, 1.807) is 13.1 Å². The van der Waals surface area contributed by atoms with Crippen LogP contribution >= 0.6 is 0 Å². The van der Waals surface area contributed by atoms with E-state index < -0.39 is 0 Å². The fraction of sp³-hybridized carbons (Fsp3) is 0.143. The third-order valence-electron chi connectivity index (χ3n) is 1.19. The standard InChI is InChI=1S/C7H9NO3/c1-8-11-6-4-2-3-5(9)7(6)10/h2-4,8-10H,1H3. The number of aromatic hydroxyl groups is 2. The zero-order valence-corrected chi connectivity index (χ0v) is 6.03. The highest BCUT2D eigenvalue weighted by molar-refractivity contribution is 5.48. The smallest absolute Gasteiger partial charge is 0.203 e. The number of rotatable bonds is 2. The molecule has 4 heteroatoms. The monoisotopic (exact) mass is 155 g/mol. The van der Waals surface area contributed by atoms with Gasteiger partial charge in [-0.2, -0.15) is 5.48 Å². The van der Waals surface area contributed by atoms with Crippen molar-refractivity contribution in [2.24, 2.45) is 0 Å². The summed E-state index contributed by atoms with van der Waals surface area (Å²) in [5.41, 5.74) is 2.38. The molecule has 0 aromatic heterocycles. The Hall–Kier alpha value is -1.42. The minimum absolute atomic E-state index is 0.197. The molecule has 0 spiro atoms. The van der Waals surface area contributed by atoms with E-state index in [1.807, 2.05) is 0 Å². The van der Waals surface area contributed by atoms with E-state index in [2.05, 4.69) is 5.48 Å². The molecule has 0 aliphatic rings. The van der Waals surface area contributed by atoms with Gasteiger partial charge in [0.15, 0.2) is 11.5 Å². The van der Waals surface area contributed by atoms with E-state index in [0.29, 0.717) is 0 Å². The molecule has 0 aliphatic carbocycles. The molecule has 0 heterocycles. The number of phenolic OH excluding ortho intramolecular Hbond substituents is 2. The maximum atomic E-state index is 9.11. The normalized spacial score (nSPS) is 9.55. The molecule has 11 heavy (non-hydrogen) atoms. The van der Waals surface area contributed by atoms with Gasteiger partial charge in [0.1, 0.15) is 0 Å². The number of hydrogen-bond acceptors (Lipinski definition) is 4. The molecule has 0 radical (unpaired) electrons. The largest absolute Gasteiger partial charge is 0.504 e. The van der Waals surface area contributed by atoms with Crippen molar-refractivity contribution in [1.82, 2.24) is 5.48 Å². The Labute approximate surface area is 64.0 Å². The first-order chi connectivity index (χ1) is 5.25. The van der Waals surface area contributed by atoms with Crippen LogP contribution in [0.15, 0.2) is 18.2 Å². The molecule has 1 rings (SSSR count). The zero-order valence-electron chi connectivity index (χ0n) is 6.03. The van der Waals surface area contributed by atoms with Crippen LogP contribution in [0.5, 0.6) is 17.2 Å². The molecule has 0 aliphatic heterocycles. The minimum Gasteiger partial charge on any atom is -0.504 e. The highest BCUT2D eigenvalue weighted by atomic mass is 16.6. The van der Waals surface area contributed by atoms with Gasteiger partial charge >= 0.3 is 0 Å². The first-order valence-corrected chi connectivity index (χ1v) is 3.10. The van der Waals surface area contributed by atoms with E-state index in [-0.39, 0.29) is 17.2 Å². The SMILES string of the molecule is CNOc1cccc(O)c1O. The summed E-state index contributed by atoms with van der Waals surface area (Å²) < 4.78 is 0. The van der Waals surface area contributed by atoms with E-state index in [9.17, 15) is 0 Å². The molecule has 3 N–H and O–H groups in total. The predicted octanol–water partition coefficient (Wildman–Crippen LogP) is 0.611. The third kappa shape index (κ3) is 1.53. The molecule has 0 bridgehead atoms. The first-order valence-electron chi connectivity index (χ1n) is 3.10. The minimum atomic E-state index is -0.262. The van der Waals surface area contributed by atoms with Gasteiger partial charge in [-0.3, -0.25) is 0 Å². The maximum Gasteiger partial charge on any atom is 0.203 e. The van der Waals surface area contributed by atoms with Crippen LogP contribution in [0.2, 0.25) is 0 Å². The van der Waals surface area contributed by atoms with E-state index in [0.717, 1.165) is 0 Å². The number of hydroxylamine groups is 1. The maximum absolute atomic E-state index is 9.11. The van der Waals surface area contributed by atoms with E-state index >= 15 is 0 Å². The van der Waals surface area contributed by atoms with Crippen LogP contribution in [0, 0.1) is 0 Å². The van der Waals surface area contributed by atoms with Crippen molar-refractivity contribution in [1.29, 1.82) is 0 Å². The quantitative estimate of drug-likeness (QED) is 0.432. The average Bonchev–Trinajstić information content (AvgIpc) is 1.99. The Bertz CT molecular complexity index is 249. The van der Waals surface area contributed by atoms with Crippen molar-refractivity contribution in [2.75, 3.05) is 7.05 Å². The van der Waals surface area contributed by atoms with Gasteiger partial charge in [0, 0.05) is 7.05 Å².